The predicted octanol–water partition coefficient (Wildman–Crippen LogP) is 1.84. The Morgan fingerprint density at radius 3 is 2.80 bits per heavy atom. The van der Waals surface area contributed by atoms with Crippen molar-refractivity contribution in [1.29, 1.82) is 5.26 Å². The smallest absolute Gasteiger partial charge is 0.101 e. The van der Waals surface area contributed by atoms with Crippen molar-refractivity contribution in [1.82, 2.24) is 10.3 Å². The molecule has 1 aliphatic rings. The van der Waals surface area contributed by atoms with Crippen molar-refractivity contribution in [3.8, 4) is 6.07 Å². The Balaban J connectivity index is 0.00000112. The number of nitriles is 1. The number of nitrogens with one attached hydrogen (secondary N) is 1. The molecule has 1 aromatic heterocycles. The van der Waals surface area contributed by atoms with Crippen LogP contribution in [0.1, 0.15) is 29.9 Å². The molecule has 0 amide bonds. The summed E-state index contributed by atoms with van der Waals surface area (Å²) in [5, 5.41) is 12.3. The van der Waals surface area contributed by atoms with Crippen molar-refractivity contribution in [3.05, 3.63) is 29.6 Å². The third-order valence-electron chi connectivity index (χ3n) is 2.75. The Hall–Kier alpha value is -1.11. The summed E-state index contributed by atoms with van der Waals surface area (Å²) < 4.78 is 0. The van der Waals surface area contributed by atoms with Crippen LogP contribution in [-0.2, 0) is 0 Å². The van der Waals surface area contributed by atoms with Gasteiger partial charge in [0.05, 0.1) is 5.56 Å². The summed E-state index contributed by atoms with van der Waals surface area (Å²) >= 11 is 0. The van der Waals surface area contributed by atoms with Crippen LogP contribution in [0.15, 0.2) is 18.5 Å². The average molecular weight is 224 g/mol. The average Bonchev–Trinajstić information content (AvgIpc) is 2.30. The van der Waals surface area contributed by atoms with Gasteiger partial charge >= 0.3 is 0 Å². The maximum Gasteiger partial charge on any atom is 0.101 e. The first-order chi connectivity index (χ1) is 6.92. The molecule has 0 radical (unpaired) electrons. The van der Waals surface area contributed by atoms with Gasteiger partial charge in [0.2, 0.25) is 0 Å². The van der Waals surface area contributed by atoms with E-state index in [4.69, 9.17) is 5.26 Å². The van der Waals surface area contributed by atoms with E-state index in [0.717, 1.165) is 31.5 Å². The molecule has 0 spiro atoms. The van der Waals surface area contributed by atoms with Crippen molar-refractivity contribution in [2.45, 2.75) is 18.8 Å². The fourth-order valence-electron chi connectivity index (χ4n) is 1.99. The molecule has 2 rings (SSSR count). The fourth-order valence-corrected chi connectivity index (χ4v) is 1.99. The standard InChI is InChI=1S/C11H13N3.ClH/c12-7-10-8-14-6-3-11(10)9-1-4-13-5-2-9;/h3,6,8-9,13H,1-2,4-5H2;1H. The van der Waals surface area contributed by atoms with Crippen molar-refractivity contribution in [2.24, 2.45) is 0 Å². The summed E-state index contributed by atoms with van der Waals surface area (Å²) in [4.78, 5) is 3.97. The second-order valence-corrected chi connectivity index (χ2v) is 3.60. The molecular weight excluding hydrogens is 210 g/mol. The molecule has 0 aromatic carbocycles. The molecule has 1 aromatic rings. The molecule has 1 N–H and O–H groups in total. The Bertz CT molecular complexity index is 353. The summed E-state index contributed by atoms with van der Waals surface area (Å²) in [5.41, 5.74) is 1.91. The molecule has 2 heterocycles. The van der Waals surface area contributed by atoms with Crippen LogP contribution in [0.25, 0.3) is 0 Å². The highest BCUT2D eigenvalue weighted by atomic mass is 35.5. The first-order valence-corrected chi connectivity index (χ1v) is 4.96. The van der Waals surface area contributed by atoms with Crippen molar-refractivity contribution in [2.75, 3.05) is 13.1 Å². The number of hydrogen-bond acceptors (Lipinski definition) is 3. The van der Waals surface area contributed by atoms with Gasteiger partial charge in [0, 0.05) is 12.4 Å². The van der Waals surface area contributed by atoms with Crippen molar-refractivity contribution < 1.29 is 0 Å². The van der Waals surface area contributed by atoms with Crippen LogP contribution in [0.4, 0.5) is 0 Å². The van der Waals surface area contributed by atoms with Crippen LogP contribution >= 0.6 is 12.4 Å². The Morgan fingerprint density at radius 1 is 1.40 bits per heavy atom. The zero-order valence-corrected chi connectivity index (χ0v) is 9.26. The van der Waals surface area contributed by atoms with Crippen LogP contribution in [0.2, 0.25) is 0 Å². The quantitative estimate of drug-likeness (QED) is 0.791. The first-order valence-electron chi connectivity index (χ1n) is 4.96. The van der Waals surface area contributed by atoms with Crippen LogP contribution in [0.5, 0.6) is 0 Å². The largest absolute Gasteiger partial charge is 0.317 e. The Morgan fingerprint density at radius 2 is 2.13 bits per heavy atom. The molecule has 0 saturated carbocycles. The zero-order valence-electron chi connectivity index (χ0n) is 8.44. The molecule has 80 valence electrons. The fraction of sp³-hybridized carbons (Fsp3) is 0.455. The van der Waals surface area contributed by atoms with Gasteiger partial charge in [0.1, 0.15) is 6.07 Å². The van der Waals surface area contributed by atoms with Crippen LogP contribution < -0.4 is 5.32 Å². The summed E-state index contributed by atoms with van der Waals surface area (Å²) in [5.74, 6) is 0.536. The minimum Gasteiger partial charge on any atom is -0.317 e. The van der Waals surface area contributed by atoms with Gasteiger partial charge in [-0.3, -0.25) is 4.98 Å². The van der Waals surface area contributed by atoms with Gasteiger partial charge in [-0.2, -0.15) is 5.26 Å². The number of halogens is 1. The summed E-state index contributed by atoms with van der Waals surface area (Å²) in [7, 11) is 0. The second-order valence-electron chi connectivity index (χ2n) is 3.60. The highest BCUT2D eigenvalue weighted by molar-refractivity contribution is 5.85. The minimum atomic E-state index is 0. The Labute approximate surface area is 95.9 Å². The van der Waals surface area contributed by atoms with E-state index in [1.807, 2.05) is 6.07 Å². The SMILES string of the molecule is Cl.N#Cc1cnccc1C1CCNCC1. The molecule has 1 saturated heterocycles. The molecule has 1 aliphatic heterocycles. The third-order valence-corrected chi connectivity index (χ3v) is 2.75. The van der Waals surface area contributed by atoms with E-state index >= 15 is 0 Å². The van der Waals surface area contributed by atoms with Gasteiger partial charge < -0.3 is 5.32 Å². The number of pyridine rings is 1. The molecule has 0 bridgehead atoms. The lowest BCUT2D eigenvalue weighted by molar-refractivity contribution is 0.459. The van der Waals surface area contributed by atoms with E-state index < -0.39 is 0 Å². The molecule has 0 atom stereocenters. The van der Waals surface area contributed by atoms with Crippen molar-refractivity contribution >= 4 is 12.4 Å². The zero-order chi connectivity index (χ0) is 9.80. The minimum absolute atomic E-state index is 0. The summed E-state index contributed by atoms with van der Waals surface area (Å²) in [6.07, 6.45) is 5.69. The van der Waals surface area contributed by atoms with Crippen LogP contribution in [0.3, 0.4) is 0 Å². The number of hydrogen-bond donors (Lipinski definition) is 1. The molecule has 0 unspecified atom stereocenters. The van der Waals surface area contributed by atoms with E-state index in [9.17, 15) is 0 Å². The monoisotopic (exact) mass is 223 g/mol. The van der Waals surface area contributed by atoms with Gasteiger partial charge in [0.25, 0.3) is 0 Å². The molecular formula is C11H14ClN3. The van der Waals surface area contributed by atoms with Gasteiger partial charge in [-0.05, 0) is 43.5 Å². The maximum absolute atomic E-state index is 8.94. The predicted molar refractivity (Wildman–Crippen MR) is 61.0 cm³/mol. The van der Waals surface area contributed by atoms with Gasteiger partial charge in [0.15, 0.2) is 0 Å². The number of rotatable bonds is 1. The van der Waals surface area contributed by atoms with Gasteiger partial charge in [-0.15, -0.1) is 12.4 Å². The molecule has 4 heteroatoms. The first kappa shape index (κ1) is 12.0. The van der Waals surface area contributed by atoms with E-state index in [1.165, 1.54) is 5.56 Å². The van der Waals surface area contributed by atoms with Crippen LogP contribution in [0, 0.1) is 11.3 Å². The Kier molecular flexibility index (Phi) is 4.54. The van der Waals surface area contributed by atoms with Gasteiger partial charge in [-0.25, -0.2) is 0 Å². The third kappa shape index (κ3) is 2.68. The summed E-state index contributed by atoms with van der Waals surface area (Å²) in [6.45, 7) is 2.11. The van der Waals surface area contributed by atoms with E-state index in [1.54, 1.807) is 12.4 Å². The lowest BCUT2D eigenvalue weighted by Crippen LogP contribution is -2.27. The number of nitrogens with zero attached hydrogens (tertiary/aromatic N) is 2. The van der Waals surface area contributed by atoms with E-state index in [0.29, 0.717) is 5.92 Å². The topological polar surface area (TPSA) is 48.7 Å². The second kappa shape index (κ2) is 5.69. The number of piperidine rings is 1. The normalized spacial score (nSPS) is 16.5. The summed E-state index contributed by atoms with van der Waals surface area (Å²) in [6, 6.07) is 4.19. The van der Waals surface area contributed by atoms with E-state index in [2.05, 4.69) is 16.4 Å². The van der Waals surface area contributed by atoms with Crippen molar-refractivity contribution in [3.63, 3.8) is 0 Å². The van der Waals surface area contributed by atoms with Gasteiger partial charge in [-0.1, -0.05) is 0 Å². The lowest BCUT2D eigenvalue weighted by atomic mass is 9.88. The number of aromatic nitrogens is 1. The highest BCUT2D eigenvalue weighted by Crippen LogP contribution is 2.26. The maximum atomic E-state index is 8.94. The molecule has 1 fully saturated rings. The lowest BCUT2D eigenvalue weighted by Gasteiger charge is -2.23. The van der Waals surface area contributed by atoms with Crippen LogP contribution in [-0.4, -0.2) is 18.1 Å². The highest BCUT2D eigenvalue weighted by Gasteiger charge is 2.17. The molecule has 3 nitrogen and oxygen atoms in total. The molecule has 0 aliphatic carbocycles. The molecule has 15 heavy (non-hydrogen) atoms. The van der Waals surface area contributed by atoms with E-state index in [-0.39, 0.29) is 12.4 Å².